The lowest BCUT2D eigenvalue weighted by Crippen LogP contribution is -2.31. The largest absolute Gasteiger partial charge is 0.368 e. The molecule has 1 aliphatic rings. The van der Waals surface area contributed by atoms with E-state index in [1.807, 2.05) is 0 Å². The van der Waals surface area contributed by atoms with Crippen LogP contribution in [-0.2, 0) is 6.54 Å². The first-order chi connectivity index (χ1) is 8.52. The van der Waals surface area contributed by atoms with Crippen LogP contribution in [0.5, 0.6) is 0 Å². The third kappa shape index (κ3) is 2.83. The van der Waals surface area contributed by atoms with Crippen molar-refractivity contribution in [2.75, 3.05) is 11.4 Å². The van der Waals surface area contributed by atoms with Gasteiger partial charge in [0.1, 0.15) is 0 Å². The minimum atomic E-state index is 0.579. The van der Waals surface area contributed by atoms with Gasteiger partial charge in [0.2, 0.25) is 0 Å². The predicted molar refractivity (Wildman–Crippen MR) is 76.8 cm³/mol. The van der Waals surface area contributed by atoms with Gasteiger partial charge in [-0.3, -0.25) is 4.98 Å². The van der Waals surface area contributed by atoms with E-state index in [0.717, 1.165) is 24.0 Å². The molecule has 0 radical (unpaired) electrons. The second-order valence-corrected chi connectivity index (χ2v) is 5.83. The van der Waals surface area contributed by atoms with Gasteiger partial charge in [-0.1, -0.05) is 13.8 Å². The van der Waals surface area contributed by atoms with E-state index >= 15 is 0 Å². The summed E-state index contributed by atoms with van der Waals surface area (Å²) in [6.45, 7) is 10.4. The van der Waals surface area contributed by atoms with Gasteiger partial charge in [0.15, 0.2) is 0 Å². The maximum Gasteiger partial charge on any atom is 0.0450 e. The Hall–Kier alpha value is -1.09. The second-order valence-electron chi connectivity index (χ2n) is 5.83. The van der Waals surface area contributed by atoms with Crippen molar-refractivity contribution < 1.29 is 0 Å². The maximum absolute atomic E-state index is 5.92. The van der Waals surface area contributed by atoms with E-state index in [1.54, 1.807) is 0 Å². The van der Waals surface area contributed by atoms with E-state index in [9.17, 15) is 0 Å². The van der Waals surface area contributed by atoms with Crippen molar-refractivity contribution in [2.24, 2.45) is 11.7 Å². The molecule has 0 amide bonds. The van der Waals surface area contributed by atoms with Crippen molar-refractivity contribution in [2.45, 2.75) is 53.1 Å². The molecule has 3 heteroatoms. The number of nitrogens with zero attached hydrogens (tertiary/aromatic N) is 2. The Morgan fingerprint density at radius 1 is 1.39 bits per heavy atom. The van der Waals surface area contributed by atoms with E-state index in [0.29, 0.717) is 12.5 Å². The Morgan fingerprint density at radius 3 is 2.56 bits per heavy atom. The number of aryl methyl sites for hydroxylation is 2. The molecule has 0 saturated heterocycles. The Bertz CT molecular complexity index is 422. The van der Waals surface area contributed by atoms with Crippen molar-refractivity contribution >= 4 is 5.69 Å². The van der Waals surface area contributed by atoms with E-state index in [-0.39, 0.29) is 0 Å². The number of nitrogens with two attached hydrogens (primary N) is 1. The highest BCUT2D eigenvalue weighted by Crippen LogP contribution is 2.35. The average molecular weight is 247 g/mol. The molecule has 2 rings (SSSR count). The van der Waals surface area contributed by atoms with Gasteiger partial charge in [0.25, 0.3) is 0 Å². The fraction of sp³-hybridized carbons (Fsp3) is 0.667. The summed E-state index contributed by atoms with van der Waals surface area (Å²) in [5.41, 5.74) is 10.6. The number of rotatable bonds is 5. The first-order valence-electron chi connectivity index (χ1n) is 6.96. The zero-order valence-electron chi connectivity index (χ0n) is 12.0. The molecule has 0 bridgehead atoms. The van der Waals surface area contributed by atoms with Gasteiger partial charge < -0.3 is 10.6 Å². The lowest BCUT2D eigenvalue weighted by atomic mass is 10.1. The highest BCUT2D eigenvalue weighted by molar-refractivity contribution is 5.57. The molecule has 1 aromatic rings. The van der Waals surface area contributed by atoms with Gasteiger partial charge >= 0.3 is 0 Å². The summed E-state index contributed by atoms with van der Waals surface area (Å²) < 4.78 is 0. The van der Waals surface area contributed by atoms with Crippen molar-refractivity contribution in [1.82, 2.24) is 4.98 Å². The average Bonchev–Trinajstić information content (AvgIpc) is 3.08. The zero-order chi connectivity index (χ0) is 13.3. The van der Waals surface area contributed by atoms with E-state index in [2.05, 4.69) is 43.6 Å². The molecular formula is C15H25N3. The van der Waals surface area contributed by atoms with Gasteiger partial charge in [0, 0.05) is 41.8 Å². The quantitative estimate of drug-likeness (QED) is 0.870. The van der Waals surface area contributed by atoms with Crippen LogP contribution in [-0.4, -0.2) is 17.6 Å². The fourth-order valence-electron chi connectivity index (χ4n) is 2.57. The molecule has 0 unspecified atom stereocenters. The fourth-order valence-corrected chi connectivity index (χ4v) is 2.57. The molecule has 1 aromatic heterocycles. The summed E-state index contributed by atoms with van der Waals surface area (Å²) in [4.78, 5) is 7.09. The van der Waals surface area contributed by atoms with Crippen LogP contribution in [0.4, 0.5) is 5.69 Å². The third-order valence-corrected chi connectivity index (χ3v) is 3.50. The Balaban J connectivity index is 2.39. The lowest BCUT2D eigenvalue weighted by Gasteiger charge is -2.29. The lowest BCUT2D eigenvalue weighted by molar-refractivity contribution is 0.605. The first kappa shape index (κ1) is 13.3. The SMILES string of the molecule is Cc1cc(N(CC(C)C)C2CC2)c(CN)c(C)n1. The Kier molecular flexibility index (Phi) is 3.91. The molecule has 2 N–H and O–H groups in total. The van der Waals surface area contributed by atoms with Crippen LogP contribution >= 0.6 is 0 Å². The van der Waals surface area contributed by atoms with Crippen molar-refractivity contribution in [3.8, 4) is 0 Å². The highest BCUT2D eigenvalue weighted by atomic mass is 15.2. The first-order valence-corrected chi connectivity index (χ1v) is 6.96. The van der Waals surface area contributed by atoms with Crippen LogP contribution in [0.1, 0.15) is 43.6 Å². The summed E-state index contributed by atoms with van der Waals surface area (Å²) >= 11 is 0. The molecule has 100 valence electrons. The van der Waals surface area contributed by atoms with Crippen LogP contribution < -0.4 is 10.6 Å². The highest BCUT2D eigenvalue weighted by Gasteiger charge is 2.31. The van der Waals surface area contributed by atoms with Crippen molar-refractivity contribution in [1.29, 1.82) is 0 Å². The monoisotopic (exact) mass is 247 g/mol. The molecular weight excluding hydrogens is 222 g/mol. The third-order valence-electron chi connectivity index (χ3n) is 3.50. The van der Waals surface area contributed by atoms with Crippen molar-refractivity contribution in [3.63, 3.8) is 0 Å². The summed E-state index contributed by atoms with van der Waals surface area (Å²) in [5.74, 6) is 0.671. The molecule has 0 aromatic carbocycles. The van der Waals surface area contributed by atoms with Crippen LogP contribution in [0.25, 0.3) is 0 Å². The Labute approximate surface area is 110 Å². The van der Waals surface area contributed by atoms with Gasteiger partial charge in [-0.15, -0.1) is 0 Å². The maximum atomic E-state index is 5.92. The van der Waals surface area contributed by atoms with Gasteiger partial charge in [-0.05, 0) is 38.7 Å². The molecule has 3 nitrogen and oxygen atoms in total. The van der Waals surface area contributed by atoms with E-state index in [4.69, 9.17) is 5.73 Å². The van der Waals surface area contributed by atoms with Crippen LogP contribution in [0.2, 0.25) is 0 Å². The predicted octanol–water partition coefficient (Wildman–Crippen LogP) is 2.78. The number of pyridine rings is 1. The topological polar surface area (TPSA) is 42.1 Å². The molecule has 1 fully saturated rings. The minimum Gasteiger partial charge on any atom is -0.368 e. The normalized spacial score (nSPS) is 15.2. The van der Waals surface area contributed by atoms with Gasteiger partial charge in [-0.2, -0.15) is 0 Å². The van der Waals surface area contributed by atoms with Crippen LogP contribution in [0, 0.1) is 19.8 Å². The van der Waals surface area contributed by atoms with Crippen molar-refractivity contribution in [3.05, 3.63) is 23.0 Å². The summed E-state index contributed by atoms with van der Waals surface area (Å²) in [5, 5.41) is 0. The van der Waals surface area contributed by atoms with Crippen LogP contribution in [0.3, 0.4) is 0 Å². The number of hydrogen-bond acceptors (Lipinski definition) is 3. The molecule has 1 heterocycles. The molecule has 0 atom stereocenters. The second kappa shape index (κ2) is 5.27. The molecule has 0 spiro atoms. The number of anilines is 1. The van der Waals surface area contributed by atoms with Gasteiger partial charge in [0.05, 0.1) is 0 Å². The Morgan fingerprint density at radius 2 is 2.06 bits per heavy atom. The van der Waals surface area contributed by atoms with Crippen LogP contribution in [0.15, 0.2) is 6.07 Å². The summed E-state index contributed by atoms with van der Waals surface area (Å²) in [6, 6.07) is 2.93. The summed E-state index contributed by atoms with van der Waals surface area (Å²) in [7, 11) is 0. The summed E-state index contributed by atoms with van der Waals surface area (Å²) in [6.07, 6.45) is 2.63. The van der Waals surface area contributed by atoms with E-state index < -0.39 is 0 Å². The minimum absolute atomic E-state index is 0.579. The number of aromatic nitrogens is 1. The van der Waals surface area contributed by atoms with Gasteiger partial charge in [-0.25, -0.2) is 0 Å². The number of hydrogen-bond donors (Lipinski definition) is 1. The standard InChI is InChI=1S/C15H25N3/c1-10(2)9-18(13-5-6-13)15-7-11(3)17-12(4)14(15)8-16/h7,10,13H,5-6,8-9,16H2,1-4H3. The van der Waals surface area contributed by atoms with E-state index in [1.165, 1.54) is 24.1 Å². The molecule has 1 saturated carbocycles. The molecule has 18 heavy (non-hydrogen) atoms. The molecule has 1 aliphatic carbocycles. The molecule has 0 aliphatic heterocycles. The smallest absolute Gasteiger partial charge is 0.0450 e. The zero-order valence-corrected chi connectivity index (χ0v) is 12.0.